The molecule has 1 fully saturated rings. The number of ether oxygens (including phenoxy) is 1. The molecule has 5 heteroatoms. The summed E-state index contributed by atoms with van der Waals surface area (Å²) in [6.45, 7) is 3.77. The summed E-state index contributed by atoms with van der Waals surface area (Å²) in [7, 11) is 0. The van der Waals surface area contributed by atoms with Crippen molar-refractivity contribution in [2.24, 2.45) is 0 Å². The first-order valence-corrected chi connectivity index (χ1v) is 7.07. The zero-order chi connectivity index (χ0) is 13.2. The summed E-state index contributed by atoms with van der Waals surface area (Å²) >= 11 is 0. The van der Waals surface area contributed by atoms with Gasteiger partial charge in [0, 0.05) is 31.0 Å². The molecular formula is C14H19N3O2. The standard InChI is InChI=1S/C14H19N3O2/c1-2-19-14(18)12-10-8-15-7-6-11(10)16-13(17-12)9-4-3-5-9/h9,15H,2-8H2,1H3. The lowest BCUT2D eigenvalue weighted by Crippen LogP contribution is -2.29. The van der Waals surface area contributed by atoms with E-state index < -0.39 is 0 Å². The maximum Gasteiger partial charge on any atom is 0.357 e. The Hall–Kier alpha value is -1.49. The van der Waals surface area contributed by atoms with Crippen LogP contribution < -0.4 is 5.32 Å². The molecule has 1 aliphatic heterocycles. The Kier molecular flexibility index (Phi) is 3.46. The second kappa shape index (κ2) is 5.25. The van der Waals surface area contributed by atoms with Crippen LogP contribution in [0.2, 0.25) is 0 Å². The Morgan fingerprint density at radius 2 is 2.26 bits per heavy atom. The van der Waals surface area contributed by atoms with Gasteiger partial charge in [0.25, 0.3) is 0 Å². The van der Waals surface area contributed by atoms with Gasteiger partial charge in [0.15, 0.2) is 5.69 Å². The molecule has 0 unspecified atom stereocenters. The summed E-state index contributed by atoms with van der Waals surface area (Å²) in [5.74, 6) is 0.966. The number of hydrogen-bond donors (Lipinski definition) is 1. The molecule has 1 saturated carbocycles. The van der Waals surface area contributed by atoms with E-state index in [2.05, 4.69) is 15.3 Å². The Balaban J connectivity index is 2.00. The molecule has 1 aromatic heterocycles. The third-order valence-electron chi connectivity index (χ3n) is 3.89. The highest BCUT2D eigenvalue weighted by atomic mass is 16.5. The smallest absolute Gasteiger partial charge is 0.357 e. The van der Waals surface area contributed by atoms with Gasteiger partial charge in [-0.1, -0.05) is 6.42 Å². The molecule has 1 aliphatic carbocycles. The molecule has 1 aromatic rings. The molecule has 0 aromatic carbocycles. The summed E-state index contributed by atoms with van der Waals surface area (Å²) in [5, 5.41) is 3.27. The van der Waals surface area contributed by atoms with Crippen molar-refractivity contribution < 1.29 is 9.53 Å². The maximum atomic E-state index is 12.1. The highest BCUT2D eigenvalue weighted by molar-refractivity contribution is 5.89. The molecule has 102 valence electrons. The fourth-order valence-corrected chi connectivity index (χ4v) is 2.58. The number of carbonyl (C=O) groups excluding carboxylic acids is 1. The van der Waals surface area contributed by atoms with Crippen molar-refractivity contribution >= 4 is 5.97 Å². The molecule has 1 N–H and O–H groups in total. The minimum atomic E-state index is -0.314. The molecule has 3 rings (SSSR count). The Morgan fingerprint density at radius 1 is 1.42 bits per heavy atom. The van der Waals surface area contributed by atoms with Crippen LogP contribution in [-0.4, -0.2) is 29.1 Å². The zero-order valence-electron chi connectivity index (χ0n) is 11.2. The first-order chi connectivity index (χ1) is 9.29. The molecule has 2 heterocycles. The molecule has 0 amide bonds. The van der Waals surface area contributed by atoms with Gasteiger partial charge in [0.05, 0.1) is 12.3 Å². The Bertz CT molecular complexity index is 498. The van der Waals surface area contributed by atoms with E-state index in [9.17, 15) is 4.79 Å². The van der Waals surface area contributed by atoms with Gasteiger partial charge in [0.2, 0.25) is 0 Å². The Labute approximate surface area is 112 Å². The lowest BCUT2D eigenvalue weighted by Gasteiger charge is -2.26. The average Bonchev–Trinajstić information content (AvgIpc) is 2.36. The van der Waals surface area contributed by atoms with Crippen LogP contribution in [0.5, 0.6) is 0 Å². The number of esters is 1. The number of nitrogens with zero attached hydrogens (tertiary/aromatic N) is 2. The van der Waals surface area contributed by atoms with E-state index in [0.717, 1.165) is 42.9 Å². The van der Waals surface area contributed by atoms with Crippen molar-refractivity contribution in [1.29, 1.82) is 0 Å². The average molecular weight is 261 g/mol. The van der Waals surface area contributed by atoms with Crippen molar-refractivity contribution in [2.75, 3.05) is 13.2 Å². The second-order valence-electron chi connectivity index (χ2n) is 5.13. The summed E-state index contributed by atoms with van der Waals surface area (Å²) in [5.41, 5.74) is 2.42. The maximum absolute atomic E-state index is 12.1. The Morgan fingerprint density at radius 3 is 2.95 bits per heavy atom. The van der Waals surface area contributed by atoms with Crippen LogP contribution in [0, 0.1) is 0 Å². The summed E-state index contributed by atoms with van der Waals surface area (Å²) in [6, 6.07) is 0. The van der Waals surface area contributed by atoms with E-state index >= 15 is 0 Å². The molecule has 19 heavy (non-hydrogen) atoms. The molecule has 0 atom stereocenters. The van der Waals surface area contributed by atoms with Gasteiger partial charge in [-0.15, -0.1) is 0 Å². The first-order valence-electron chi connectivity index (χ1n) is 7.07. The van der Waals surface area contributed by atoms with Crippen LogP contribution in [0.15, 0.2) is 0 Å². The van der Waals surface area contributed by atoms with Crippen LogP contribution in [0.1, 0.15) is 59.7 Å². The number of carbonyl (C=O) groups is 1. The van der Waals surface area contributed by atoms with Crippen LogP contribution >= 0.6 is 0 Å². The van der Waals surface area contributed by atoms with Gasteiger partial charge in [0.1, 0.15) is 5.82 Å². The van der Waals surface area contributed by atoms with Crippen LogP contribution in [0.4, 0.5) is 0 Å². The molecule has 0 saturated heterocycles. The fourth-order valence-electron chi connectivity index (χ4n) is 2.58. The largest absolute Gasteiger partial charge is 0.461 e. The zero-order valence-corrected chi connectivity index (χ0v) is 11.2. The van der Waals surface area contributed by atoms with Gasteiger partial charge >= 0.3 is 5.97 Å². The minimum Gasteiger partial charge on any atom is -0.461 e. The van der Waals surface area contributed by atoms with E-state index in [4.69, 9.17) is 4.74 Å². The van der Waals surface area contributed by atoms with Crippen molar-refractivity contribution in [3.05, 3.63) is 22.8 Å². The lowest BCUT2D eigenvalue weighted by molar-refractivity contribution is 0.0516. The van der Waals surface area contributed by atoms with Gasteiger partial charge in [-0.2, -0.15) is 0 Å². The quantitative estimate of drug-likeness (QED) is 0.837. The van der Waals surface area contributed by atoms with Crippen molar-refractivity contribution in [1.82, 2.24) is 15.3 Å². The minimum absolute atomic E-state index is 0.314. The number of rotatable bonds is 3. The predicted molar refractivity (Wildman–Crippen MR) is 70.0 cm³/mol. The third-order valence-corrected chi connectivity index (χ3v) is 3.89. The fraction of sp³-hybridized carbons (Fsp3) is 0.643. The molecule has 0 spiro atoms. The van der Waals surface area contributed by atoms with Crippen LogP contribution in [-0.2, 0) is 17.7 Å². The van der Waals surface area contributed by atoms with E-state index in [1.165, 1.54) is 6.42 Å². The van der Waals surface area contributed by atoms with Gasteiger partial charge < -0.3 is 10.1 Å². The van der Waals surface area contributed by atoms with Crippen molar-refractivity contribution in [3.63, 3.8) is 0 Å². The van der Waals surface area contributed by atoms with Crippen LogP contribution in [0.25, 0.3) is 0 Å². The molecule has 0 bridgehead atoms. The van der Waals surface area contributed by atoms with Gasteiger partial charge in [-0.3, -0.25) is 0 Å². The lowest BCUT2D eigenvalue weighted by atomic mass is 9.84. The summed E-state index contributed by atoms with van der Waals surface area (Å²) in [4.78, 5) is 21.2. The van der Waals surface area contributed by atoms with Crippen molar-refractivity contribution in [3.8, 4) is 0 Å². The molecule has 2 aliphatic rings. The van der Waals surface area contributed by atoms with E-state index in [1.54, 1.807) is 0 Å². The highest BCUT2D eigenvalue weighted by Gasteiger charge is 2.28. The normalized spacial score (nSPS) is 18.6. The number of hydrogen-bond acceptors (Lipinski definition) is 5. The molecular weight excluding hydrogens is 242 g/mol. The summed E-state index contributed by atoms with van der Waals surface area (Å²) < 4.78 is 5.12. The topological polar surface area (TPSA) is 64.1 Å². The molecule has 0 radical (unpaired) electrons. The van der Waals surface area contributed by atoms with E-state index in [1.807, 2.05) is 6.92 Å². The van der Waals surface area contributed by atoms with Gasteiger partial charge in [-0.25, -0.2) is 14.8 Å². The third kappa shape index (κ3) is 2.34. The monoisotopic (exact) mass is 261 g/mol. The SMILES string of the molecule is CCOC(=O)c1nc(C2CCC2)nc2c1CNCC2. The number of nitrogens with one attached hydrogen (secondary N) is 1. The number of fused-ring (bicyclic) bond motifs is 1. The molecule has 5 nitrogen and oxygen atoms in total. The number of aromatic nitrogens is 2. The van der Waals surface area contributed by atoms with Gasteiger partial charge in [-0.05, 0) is 19.8 Å². The first kappa shape index (κ1) is 12.5. The van der Waals surface area contributed by atoms with Crippen molar-refractivity contribution in [2.45, 2.75) is 45.1 Å². The second-order valence-corrected chi connectivity index (χ2v) is 5.13. The predicted octanol–water partition coefficient (Wildman–Crippen LogP) is 1.57. The van der Waals surface area contributed by atoms with E-state index in [0.29, 0.717) is 24.8 Å². The highest BCUT2D eigenvalue weighted by Crippen LogP contribution is 2.35. The summed E-state index contributed by atoms with van der Waals surface area (Å²) in [6.07, 6.45) is 4.38. The van der Waals surface area contributed by atoms with Crippen LogP contribution in [0.3, 0.4) is 0 Å². The van der Waals surface area contributed by atoms with E-state index in [-0.39, 0.29) is 5.97 Å².